The van der Waals surface area contributed by atoms with Crippen molar-refractivity contribution in [1.82, 2.24) is 14.4 Å². The summed E-state index contributed by atoms with van der Waals surface area (Å²) < 4.78 is 11.0. The molecule has 8 heteroatoms. The molecule has 0 aliphatic carbocycles. The summed E-state index contributed by atoms with van der Waals surface area (Å²) in [6.45, 7) is 8.74. The van der Waals surface area contributed by atoms with Gasteiger partial charge in [-0.15, -0.1) is 30.9 Å². The number of imidazole rings is 1. The minimum Gasteiger partial charge on any atom is -0.503 e. The van der Waals surface area contributed by atoms with E-state index >= 15 is 0 Å². The van der Waals surface area contributed by atoms with Gasteiger partial charge in [0.05, 0.1) is 5.65 Å². The van der Waals surface area contributed by atoms with Gasteiger partial charge >= 0.3 is 0 Å². The van der Waals surface area contributed by atoms with Crippen LogP contribution in [0.2, 0.25) is 0 Å². The molecule has 5 aromatic carbocycles. The van der Waals surface area contributed by atoms with Gasteiger partial charge < -0.3 is 18.9 Å². The van der Waals surface area contributed by atoms with Crippen molar-refractivity contribution in [2.24, 2.45) is 0 Å². The Morgan fingerprint density at radius 2 is 1.42 bits per heavy atom. The van der Waals surface area contributed by atoms with Gasteiger partial charge in [0.25, 0.3) is 0 Å². The molecule has 5 heterocycles. The third kappa shape index (κ3) is 4.64. The van der Waals surface area contributed by atoms with Crippen LogP contribution in [0.1, 0.15) is 16.7 Å². The molecule has 50 heavy (non-hydrogen) atoms. The van der Waals surface area contributed by atoms with Crippen molar-refractivity contribution >= 4 is 81.7 Å². The molecule has 4 aromatic heterocycles. The van der Waals surface area contributed by atoms with Gasteiger partial charge in [-0.1, -0.05) is 92.1 Å². The number of para-hydroxylation sites is 2. The van der Waals surface area contributed by atoms with Crippen LogP contribution < -0.4 is 14.5 Å². The smallest absolute Gasteiger partial charge is 0.128 e. The number of benzene rings is 5. The molecule has 1 aliphatic heterocycles. The molecular weight excluding hydrogens is 818 g/mol. The number of fused-ring (bicyclic) bond motifs is 10. The minimum absolute atomic E-state index is 0. The standard InChI is InChI=1S/C42H28N5OS.Pt/c1-25-19-26(2)40(27(3)20-25)47-24-46(34-11-5-6-12-35(34)47)36-22-29(23-38-39(36)32-9-4-7-13-37(32)49-38)48-28-14-15-30-31-10-8-16-43-41(31)45-18-17-44-42(45)33(30)21-28;/h4-20,23-24H,1-3H3;/q-3;. The first-order chi connectivity index (χ1) is 24.0. The maximum atomic E-state index is 6.67. The zero-order chi connectivity index (χ0) is 32.8. The van der Waals surface area contributed by atoms with Crippen LogP contribution in [0.4, 0.5) is 22.7 Å². The first-order valence-electron chi connectivity index (χ1n) is 16.2. The topological polar surface area (TPSA) is 45.9 Å². The maximum absolute atomic E-state index is 6.67. The van der Waals surface area contributed by atoms with Crippen LogP contribution in [0.15, 0.2) is 110 Å². The van der Waals surface area contributed by atoms with E-state index in [4.69, 9.17) is 4.74 Å². The number of rotatable bonds is 4. The Hall–Kier alpha value is -5.23. The summed E-state index contributed by atoms with van der Waals surface area (Å²) in [6.07, 6.45) is 5.55. The summed E-state index contributed by atoms with van der Waals surface area (Å²) in [7, 11) is 0. The number of aromatic nitrogens is 3. The second kappa shape index (κ2) is 11.7. The zero-order valence-electron chi connectivity index (χ0n) is 27.3. The molecule has 1 aliphatic rings. The van der Waals surface area contributed by atoms with E-state index in [1.165, 1.54) is 32.5 Å². The summed E-state index contributed by atoms with van der Waals surface area (Å²) in [6, 6.07) is 39.1. The predicted octanol–water partition coefficient (Wildman–Crippen LogP) is 11.1. The maximum Gasteiger partial charge on any atom is 0.128 e. The third-order valence-electron chi connectivity index (χ3n) is 9.42. The fraction of sp³-hybridized carbons (Fsp3) is 0.0714. The van der Waals surface area contributed by atoms with E-state index in [0.29, 0.717) is 11.5 Å². The van der Waals surface area contributed by atoms with Crippen LogP contribution in [-0.4, -0.2) is 14.4 Å². The van der Waals surface area contributed by atoms with Gasteiger partial charge in [-0.25, -0.2) is 4.98 Å². The summed E-state index contributed by atoms with van der Waals surface area (Å²) in [5.41, 5.74) is 9.74. The average Bonchev–Trinajstić information content (AvgIpc) is 3.84. The van der Waals surface area contributed by atoms with Crippen LogP contribution in [0.25, 0.3) is 47.6 Å². The molecule has 0 saturated carbocycles. The van der Waals surface area contributed by atoms with E-state index in [9.17, 15) is 0 Å². The van der Waals surface area contributed by atoms with Crippen LogP contribution in [0, 0.1) is 39.6 Å². The van der Waals surface area contributed by atoms with E-state index in [2.05, 4.69) is 138 Å². The molecule has 0 fully saturated rings. The molecular formula is C42H28N5OPtS-3. The number of aryl methyl sites for hydroxylation is 3. The van der Waals surface area contributed by atoms with E-state index in [-0.39, 0.29) is 21.1 Å². The Morgan fingerprint density at radius 3 is 2.26 bits per heavy atom. The van der Waals surface area contributed by atoms with Crippen molar-refractivity contribution in [1.29, 1.82) is 0 Å². The molecule has 9 aromatic rings. The van der Waals surface area contributed by atoms with Crippen molar-refractivity contribution in [3.8, 4) is 11.5 Å². The number of ether oxygens (including phenoxy) is 1. The quantitative estimate of drug-likeness (QED) is 0.130. The zero-order valence-corrected chi connectivity index (χ0v) is 30.4. The molecule has 0 saturated heterocycles. The summed E-state index contributed by atoms with van der Waals surface area (Å²) in [4.78, 5) is 13.9. The molecule has 0 spiro atoms. The van der Waals surface area contributed by atoms with Crippen LogP contribution in [0.3, 0.4) is 0 Å². The van der Waals surface area contributed by atoms with E-state index < -0.39 is 0 Å². The van der Waals surface area contributed by atoms with Gasteiger partial charge in [0.15, 0.2) is 0 Å². The molecule has 0 atom stereocenters. The van der Waals surface area contributed by atoms with E-state index in [0.717, 1.165) is 54.6 Å². The van der Waals surface area contributed by atoms with Crippen molar-refractivity contribution in [3.05, 3.63) is 145 Å². The number of pyridine rings is 2. The van der Waals surface area contributed by atoms with Gasteiger partial charge in [-0.05, 0) is 61.5 Å². The second-order valence-electron chi connectivity index (χ2n) is 12.6. The minimum atomic E-state index is 0. The summed E-state index contributed by atoms with van der Waals surface area (Å²) in [5.74, 6) is 1.22. The number of hydrogen-bond acceptors (Lipinski definition) is 6. The van der Waals surface area contributed by atoms with Gasteiger partial charge in [0.1, 0.15) is 5.65 Å². The van der Waals surface area contributed by atoms with Gasteiger partial charge in [0, 0.05) is 72.9 Å². The molecule has 10 rings (SSSR count). The van der Waals surface area contributed by atoms with Crippen LogP contribution in [-0.2, 0) is 21.1 Å². The van der Waals surface area contributed by atoms with Gasteiger partial charge in [-0.3, -0.25) is 4.98 Å². The fourth-order valence-electron chi connectivity index (χ4n) is 7.51. The number of anilines is 4. The predicted molar refractivity (Wildman–Crippen MR) is 201 cm³/mol. The first-order valence-corrected chi connectivity index (χ1v) is 17.0. The van der Waals surface area contributed by atoms with Crippen molar-refractivity contribution in [3.63, 3.8) is 0 Å². The Labute approximate surface area is 307 Å². The summed E-state index contributed by atoms with van der Waals surface area (Å²) in [5, 5.41) is 5.31. The number of nitrogens with zero attached hydrogens (tertiary/aromatic N) is 5. The Kier molecular flexibility index (Phi) is 7.20. The van der Waals surface area contributed by atoms with Gasteiger partial charge in [0.2, 0.25) is 0 Å². The van der Waals surface area contributed by atoms with Crippen molar-refractivity contribution in [2.45, 2.75) is 20.8 Å². The van der Waals surface area contributed by atoms with Crippen molar-refractivity contribution < 1.29 is 25.8 Å². The summed E-state index contributed by atoms with van der Waals surface area (Å²) >= 11 is 1.77. The molecule has 0 radical (unpaired) electrons. The second-order valence-corrected chi connectivity index (χ2v) is 13.7. The molecule has 0 unspecified atom stereocenters. The van der Waals surface area contributed by atoms with Gasteiger partial charge in [-0.2, -0.15) is 11.3 Å². The number of hydrogen-bond donors (Lipinski definition) is 0. The monoisotopic (exact) mass is 845 g/mol. The van der Waals surface area contributed by atoms with Crippen LogP contribution >= 0.6 is 11.3 Å². The van der Waals surface area contributed by atoms with E-state index in [1.807, 2.05) is 28.9 Å². The molecule has 246 valence electrons. The van der Waals surface area contributed by atoms with Crippen molar-refractivity contribution in [2.75, 3.05) is 9.80 Å². The largest absolute Gasteiger partial charge is 0.503 e. The normalized spacial score (nSPS) is 12.8. The SMILES string of the molecule is Cc1cc(C)c(N2[CH-]N(c3[c-]c(Oc4[c-]c5c(cc4)c4cccnc4n4ccnc54)cc4sc5ccccc5c34)c3ccccc32)c(C)c1.[Pt]. The fourth-order valence-corrected chi connectivity index (χ4v) is 8.65. The Morgan fingerprint density at radius 1 is 0.680 bits per heavy atom. The third-order valence-corrected chi connectivity index (χ3v) is 10.5. The Balaban J connectivity index is 0.00000336. The number of thiophene rings is 1. The average molecular weight is 846 g/mol. The molecule has 6 nitrogen and oxygen atoms in total. The molecule has 0 amide bonds. The molecule has 0 bridgehead atoms. The molecule has 0 N–H and O–H groups in total. The van der Waals surface area contributed by atoms with E-state index in [1.54, 1.807) is 17.5 Å². The Bertz CT molecular complexity index is 2780. The van der Waals surface area contributed by atoms with Crippen LogP contribution in [0.5, 0.6) is 11.5 Å². The first kappa shape index (κ1) is 30.8.